The van der Waals surface area contributed by atoms with Crippen LogP contribution in [0.5, 0.6) is 0 Å². The normalized spacial score (nSPS) is 35.6. The van der Waals surface area contributed by atoms with E-state index >= 15 is 0 Å². The van der Waals surface area contributed by atoms with Gasteiger partial charge >= 0.3 is 0 Å². The minimum Gasteiger partial charge on any atom is -0.378 e. The van der Waals surface area contributed by atoms with Gasteiger partial charge in [-0.3, -0.25) is 4.39 Å². The zero-order valence-corrected chi connectivity index (χ0v) is 9.68. The molecule has 0 N–H and O–H groups in total. The first-order valence-electron chi connectivity index (χ1n) is 6.30. The molecule has 1 saturated carbocycles. The molecular formula is C13H22FO. The van der Waals surface area contributed by atoms with Gasteiger partial charge in [-0.15, -0.1) is 0 Å². The zero-order chi connectivity index (χ0) is 10.7. The molecule has 1 nitrogen and oxygen atoms in total. The van der Waals surface area contributed by atoms with Crippen LogP contribution >= 0.6 is 0 Å². The van der Waals surface area contributed by atoms with Crippen LogP contribution in [0.15, 0.2) is 0 Å². The summed E-state index contributed by atoms with van der Waals surface area (Å²) in [5.41, 5.74) is 0. The molecule has 0 amide bonds. The second kappa shape index (κ2) is 5.29. The summed E-state index contributed by atoms with van der Waals surface area (Å²) in [7, 11) is 0. The largest absolute Gasteiger partial charge is 0.378 e. The van der Waals surface area contributed by atoms with Crippen LogP contribution in [-0.4, -0.2) is 19.4 Å². The van der Waals surface area contributed by atoms with E-state index in [-0.39, 0.29) is 6.67 Å². The topological polar surface area (TPSA) is 9.23 Å². The van der Waals surface area contributed by atoms with Crippen molar-refractivity contribution in [1.29, 1.82) is 0 Å². The van der Waals surface area contributed by atoms with Gasteiger partial charge in [-0.2, -0.15) is 0 Å². The van der Waals surface area contributed by atoms with Gasteiger partial charge in [-0.25, -0.2) is 0 Å². The fourth-order valence-electron chi connectivity index (χ4n) is 2.83. The lowest BCUT2D eigenvalue weighted by Gasteiger charge is -2.36. The van der Waals surface area contributed by atoms with Crippen molar-refractivity contribution in [2.45, 2.75) is 51.6 Å². The highest BCUT2D eigenvalue weighted by Gasteiger charge is 2.30. The van der Waals surface area contributed by atoms with Gasteiger partial charge in [0.15, 0.2) is 0 Å². The van der Waals surface area contributed by atoms with Crippen molar-refractivity contribution in [1.82, 2.24) is 0 Å². The summed E-state index contributed by atoms with van der Waals surface area (Å²) in [4.78, 5) is 0. The van der Waals surface area contributed by atoms with Crippen LogP contribution in [0.1, 0.15) is 45.4 Å². The molecule has 1 saturated heterocycles. The molecule has 0 aromatic carbocycles. The number of halogens is 1. The van der Waals surface area contributed by atoms with Crippen molar-refractivity contribution in [2.75, 3.05) is 13.3 Å². The number of hydrogen-bond acceptors (Lipinski definition) is 1. The molecule has 0 aromatic rings. The van der Waals surface area contributed by atoms with E-state index in [1.165, 1.54) is 12.8 Å². The predicted octanol–water partition coefficient (Wildman–Crippen LogP) is 3.54. The van der Waals surface area contributed by atoms with Crippen molar-refractivity contribution < 1.29 is 9.13 Å². The Balaban J connectivity index is 1.75. The molecule has 2 fully saturated rings. The lowest BCUT2D eigenvalue weighted by atomic mass is 9.78. The molecule has 1 heterocycles. The summed E-state index contributed by atoms with van der Waals surface area (Å²) < 4.78 is 18.3. The lowest BCUT2D eigenvalue weighted by Crippen LogP contribution is -2.33. The van der Waals surface area contributed by atoms with E-state index in [2.05, 4.69) is 6.92 Å². The summed E-state index contributed by atoms with van der Waals surface area (Å²) in [6, 6.07) is 0. The van der Waals surface area contributed by atoms with Gasteiger partial charge in [0.25, 0.3) is 0 Å². The molecule has 1 aliphatic heterocycles. The van der Waals surface area contributed by atoms with Crippen LogP contribution in [0.4, 0.5) is 4.39 Å². The van der Waals surface area contributed by atoms with Gasteiger partial charge in [0, 0.05) is 12.5 Å². The van der Waals surface area contributed by atoms with Crippen LogP contribution in [0, 0.1) is 17.8 Å². The smallest absolute Gasteiger partial charge is 0.0956 e. The summed E-state index contributed by atoms with van der Waals surface area (Å²) in [5, 5.41) is 0. The third-order valence-electron chi connectivity index (χ3n) is 3.99. The van der Waals surface area contributed by atoms with Crippen LogP contribution in [0.3, 0.4) is 0 Å². The van der Waals surface area contributed by atoms with E-state index in [4.69, 9.17) is 4.74 Å². The van der Waals surface area contributed by atoms with Crippen molar-refractivity contribution in [3.8, 4) is 0 Å². The van der Waals surface area contributed by atoms with Gasteiger partial charge in [-0.05, 0) is 50.4 Å². The molecule has 0 bridgehead atoms. The Morgan fingerprint density at radius 1 is 1.20 bits per heavy atom. The first-order chi connectivity index (χ1) is 7.29. The van der Waals surface area contributed by atoms with Gasteiger partial charge in [0.1, 0.15) is 0 Å². The summed E-state index contributed by atoms with van der Waals surface area (Å²) >= 11 is 0. The van der Waals surface area contributed by atoms with Crippen LogP contribution in [0.2, 0.25) is 0 Å². The van der Waals surface area contributed by atoms with Crippen molar-refractivity contribution in [2.24, 2.45) is 11.8 Å². The second-order valence-electron chi connectivity index (χ2n) is 5.28. The molecule has 0 spiro atoms. The fourth-order valence-corrected chi connectivity index (χ4v) is 2.83. The molecule has 87 valence electrons. The Bertz CT molecular complexity index is 179. The minimum absolute atomic E-state index is 0.199. The first-order valence-corrected chi connectivity index (χ1v) is 6.30. The van der Waals surface area contributed by atoms with Crippen LogP contribution < -0.4 is 0 Å². The minimum atomic E-state index is -0.199. The lowest BCUT2D eigenvalue weighted by molar-refractivity contribution is -0.0504. The number of rotatable bonds is 2. The van der Waals surface area contributed by atoms with E-state index in [0.29, 0.717) is 12.0 Å². The van der Waals surface area contributed by atoms with Gasteiger partial charge < -0.3 is 4.74 Å². The highest BCUT2D eigenvalue weighted by Crippen LogP contribution is 2.36. The molecule has 2 aliphatic rings. The molecular weight excluding hydrogens is 191 g/mol. The fraction of sp³-hybridized carbons (Fsp3) is 0.923. The van der Waals surface area contributed by atoms with Crippen molar-refractivity contribution >= 4 is 0 Å². The number of hydrogen-bond donors (Lipinski definition) is 0. The number of ether oxygens (including phenoxy) is 1. The standard InChI is InChI=1S/C13H22FO/c1-10-2-7-13(15-9-10)12-5-3-11(8-14)4-6-12/h10,12-13H,2-9H2,1H3. The molecule has 2 atom stereocenters. The molecule has 2 rings (SSSR count). The summed E-state index contributed by atoms with van der Waals surface area (Å²) in [5.74, 6) is 2.56. The Morgan fingerprint density at radius 2 is 1.93 bits per heavy atom. The Labute approximate surface area is 92.4 Å². The highest BCUT2D eigenvalue weighted by atomic mass is 19.1. The SMILES string of the molecule is CC1CCC(C2CC[C](CF)CC2)OC1. The quantitative estimate of drug-likeness (QED) is 0.681. The summed E-state index contributed by atoms with van der Waals surface area (Å²) in [6.45, 7) is 2.99. The molecule has 1 radical (unpaired) electrons. The third kappa shape index (κ3) is 2.93. The van der Waals surface area contributed by atoms with E-state index in [1.807, 2.05) is 0 Å². The van der Waals surface area contributed by atoms with Gasteiger partial charge in [-0.1, -0.05) is 6.92 Å². The Morgan fingerprint density at radius 3 is 2.47 bits per heavy atom. The molecule has 2 unspecified atom stereocenters. The Hall–Kier alpha value is -0.110. The van der Waals surface area contributed by atoms with Gasteiger partial charge in [0.2, 0.25) is 0 Å². The molecule has 15 heavy (non-hydrogen) atoms. The van der Waals surface area contributed by atoms with Crippen LogP contribution in [-0.2, 0) is 4.74 Å². The summed E-state index contributed by atoms with van der Waals surface area (Å²) in [6.07, 6.45) is 7.30. The van der Waals surface area contributed by atoms with E-state index in [0.717, 1.165) is 44.1 Å². The highest BCUT2D eigenvalue weighted by molar-refractivity contribution is 4.96. The van der Waals surface area contributed by atoms with Gasteiger partial charge in [0.05, 0.1) is 12.8 Å². The Kier molecular flexibility index (Phi) is 4.01. The maximum atomic E-state index is 12.4. The maximum absolute atomic E-state index is 12.4. The van der Waals surface area contributed by atoms with Crippen LogP contribution in [0.25, 0.3) is 0 Å². The first kappa shape index (κ1) is 11.4. The third-order valence-corrected chi connectivity index (χ3v) is 3.99. The molecule has 2 heteroatoms. The monoisotopic (exact) mass is 213 g/mol. The maximum Gasteiger partial charge on any atom is 0.0956 e. The predicted molar refractivity (Wildman–Crippen MR) is 59.3 cm³/mol. The molecule has 0 aromatic heterocycles. The average molecular weight is 213 g/mol. The second-order valence-corrected chi connectivity index (χ2v) is 5.28. The molecule has 1 aliphatic carbocycles. The number of alkyl halides is 1. The van der Waals surface area contributed by atoms with Crippen molar-refractivity contribution in [3.05, 3.63) is 5.92 Å². The average Bonchev–Trinajstić information content (AvgIpc) is 2.30. The zero-order valence-electron chi connectivity index (χ0n) is 9.68. The van der Waals surface area contributed by atoms with E-state index < -0.39 is 0 Å². The van der Waals surface area contributed by atoms with E-state index in [1.54, 1.807) is 0 Å². The van der Waals surface area contributed by atoms with Crippen molar-refractivity contribution in [3.63, 3.8) is 0 Å². The van der Waals surface area contributed by atoms with E-state index in [9.17, 15) is 4.39 Å².